The number of para-hydroxylation sites is 1. The number of carbonyl (C=O) groups is 2. The number of ether oxygens (including phenoxy) is 1. The molecule has 13 heteroatoms. The lowest BCUT2D eigenvalue weighted by atomic mass is 10.1. The lowest BCUT2D eigenvalue weighted by Gasteiger charge is -2.35. The Morgan fingerprint density at radius 3 is 2.46 bits per heavy atom. The van der Waals surface area contributed by atoms with Gasteiger partial charge in [0.2, 0.25) is 0 Å². The standard InChI is InChI=1S/C24H24N6O5S2/c1-35-20-14-17(23(31)29-10-12-30(13-11-29)24(32)19-15-36-28-26-19)7-8-18(20)27-37(33,34)21-6-2-4-16-5-3-9-25-22(16)21/h2-9,14-15,26-28H,10-13H2,1H3. The first kappa shape index (κ1) is 24.9. The molecule has 2 aliphatic heterocycles. The van der Waals surface area contributed by atoms with E-state index in [1.54, 1.807) is 45.5 Å². The SMILES string of the molecule is COc1cc(C(=O)N2CCN(C(=O)C3=CSNN3)CC2)ccc1NS(=O)(=O)c1cccc2cccnc12. The van der Waals surface area contributed by atoms with Crippen LogP contribution in [0.15, 0.2) is 70.7 Å². The molecule has 1 aromatic heterocycles. The lowest BCUT2D eigenvalue weighted by Crippen LogP contribution is -2.51. The number of aromatic nitrogens is 1. The van der Waals surface area contributed by atoms with Gasteiger partial charge in [0.05, 0.1) is 18.3 Å². The van der Waals surface area contributed by atoms with E-state index in [0.717, 1.165) is 0 Å². The molecule has 3 aromatic rings. The zero-order valence-corrected chi connectivity index (χ0v) is 21.4. The van der Waals surface area contributed by atoms with Crippen molar-refractivity contribution in [3.05, 3.63) is 71.4 Å². The number of hydrogen-bond donors (Lipinski definition) is 3. The Bertz CT molecular complexity index is 1500. The average Bonchev–Trinajstić information content (AvgIpc) is 3.47. The van der Waals surface area contributed by atoms with Crippen molar-refractivity contribution in [2.24, 2.45) is 0 Å². The molecule has 2 aliphatic rings. The van der Waals surface area contributed by atoms with Gasteiger partial charge in [-0.2, -0.15) is 4.83 Å². The molecule has 2 amide bonds. The molecule has 3 heterocycles. The topological polar surface area (TPSA) is 133 Å². The number of nitrogens with one attached hydrogen (secondary N) is 3. The minimum absolute atomic E-state index is 0.0400. The molecule has 0 bridgehead atoms. The predicted molar refractivity (Wildman–Crippen MR) is 140 cm³/mol. The van der Waals surface area contributed by atoms with Gasteiger partial charge in [0.15, 0.2) is 0 Å². The van der Waals surface area contributed by atoms with Crippen molar-refractivity contribution in [3.63, 3.8) is 0 Å². The van der Waals surface area contributed by atoms with E-state index in [2.05, 4.69) is 20.0 Å². The van der Waals surface area contributed by atoms with Gasteiger partial charge in [-0.3, -0.25) is 19.3 Å². The predicted octanol–water partition coefficient (Wildman–Crippen LogP) is 1.93. The van der Waals surface area contributed by atoms with E-state index >= 15 is 0 Å². The van der Waals surface area contributed by atoms with Gasteiger partial charge in [-0.15, -0.1) is 0 Å². The maximum Gasteiger partial charge on any atom is 0.272 e. The molecule has 192 valence electrons. The fraction of sp³-hybridized carbons (Fsp3) is 0.208. The number of hydrazine groups is 1. The van der Waals surface area contributed by atoms with Crippen LogP contribution in [0.3, 0.4) is 0 Å². The molecule has 0 aliphatic carbocycles. The highest BCUT2D eigenvalue weighted by Gasteiger charge is 2.28. The van der Waals surface area contributed by atoms with Gasteiger partial charge in [-0.25, -0.2) is 8.42 Å². The maximum atomic E-state index is 13.2. The van der Waals surface area contributed by atoms with Gasteiger partial charge in [-0.1, -0.05) is 18.2 Å². The second-order valence-corrected chi connectivity index (χ2v) is 10.6. The number of benzene rings is 2. The minimum Gasteiger partial charge on any atom is -0.495 e. The van der Waals surface area contributed by atoms with Crippen molar-refractivity contribution in [1.29, 1.82) is 0 Å². The van der Waals surface area contributed by atoms with E-state index in [1.807, 2.05) is 0 Å². The largest absolute Gasteiger partial charge is 0.495 e. The highest BCUT2D eigenvalue weighted by Crippen LogP contribution is 2.30. The number of piperazine rings is 1. The Morgan fingerprint density at radius 1 is 1.03 bits per heavy atom. The number of methoxy groups -OCH3 is 1. The minimum atomic E-state index is -3.99. The molecular weight excluding hydrogens is 516 g/mol. The number of carbonyl (C=O) groups excluding carboxylic acids is 2. The van der Waals surface area contributed by atoms with Crippen molar-refractivity contribution in [2.45, 2.75) is 4.90 Å². The molecule has 3 N–H and O–H groups in total. The van der Waals surface area contributed by atoms with Crippen LogP contribution in [0.5, 0.6) is 5.75 Å². The Hall–Kier alpha value is -3.81. The fourth-order valence-corrected chi connectivity index (χ4v) is 5.93. The normalized spacial score (nSPS) is 15.8. The molecule has 0 atom stereocenters. The summed E-state index contributed by atoms with van der Waals surface area (Å²) in [4.78, 5) is 36.1. The summed E-state index contributed by atoms with van der Waals surface area (Å²) in [5.41, 5.74) is 4.19. The van der Waals surface area contributed by atoms with Crippen molar-refractivity contribution in [3.8, 4) is 5.75 Å². The summed E-state index contributed by atoms with van der Waals surface area (Å²) in [5, 5.41) is 2.41. The van der Waals surface area contributed by atoms with Gasteiger partial charge in [-0.05, 0) is 42.3 Å². The number of hydrogen-bond acceptors (Lipinski definition) is 9. The molecule has 1 fully saturated rings. The highest BCUT2D eigenvalue weighted by atomic mass is 32.2. The summed E-state index contributed by atoms with van der Waals surface area (Å²) >= 11 is 1.29. The monoisotopic (exact) mass is 540 g/mol. The third-order valence-corrected chi connectivity index (χ3v) is 8.05. The zero-order chi connectivity index (χ0) is 26.0. The van der Waals surface area contributed by atoms with Crippen LogP contribution >= 0.6 is 11.9 Å². The summed E-state index contributed by atoms with van der Waals surface area (Å²) in [6.45, 7) is 1.57. The van der Waals surface area contributed by atoms with Crippen LogP contribution in [-0.4, -0.2) is 68.3 Å². The second kappa shape index (κ2) is 10.3. The lowest BCUT2D eigenvalue weighted by molar-refractivity contribution is -0.129. The molecule has 0 radical (unpaired) electrons. The summed E-state index contributed by atoms with van der Waals surface area (Å²) in [6.07, 6.45) is 1.54. The van der Waals surface area contributed by atoms with E-state index < -0.39 is 10.0 Å². The van der Waals surface area contributed by atoms with Crippen molar-refractivity contribution >= 4 is 50.4 Å². The van der Waals surface area contributed by atoms with Crippen LogP contribution in [0.1, 0.15) is 10.4 Å². The highest BCUT2D eigenvalue weighted by molar-refractivity contribution is 8.00. The van der Waals surface area contributed by atoms with Crippen molar-refractivity contribution in [1.82, 2.24) is 25.0 Å². The van der Waals surface area contributed by atoms with Crippen LogP contribution < -0.4 is 19.7 Å². The average molecular weight is 541 g/mol. The van der Waals surface area contributed by atoms with Crippen LogP contribution in [-0.2, 0) is 14.8 Å². The smallest absolute Gasteiger partial charge is 0.272 e. The van der Waals surface area contributed by atoms with Gasteiger partial charge >= 0.3 is 0 Å². The van der Waals surface area contributed by atoms with E-state index in [1.165, 1.54) is 43.5 Å². The summed E-state index contributed by atoms with van der Waals surface area (Å²) in [6, 6.07) is 13.0. The molecule has 5 rings (SSSR count). The number of pyridine rings is 1. The van der Waals surface area contributed by atoms with Crippen molar-refractivity contribution < 1.29 is 22.7 Å². The summed E-state index contributed by atoms with van der Waals surface area (Å²) < 4.78 is 34.4. The van der Waals surface area contributed by atoms with Crippen molar-refractivity contribution in [2.75, 3.05) is 38.0 Å². The molecule has 2 aromatic carbocycles. The van der Waals surface area contributed by atoms with Gasteiger partial charge in [0.25, 0.3) is 21.8 Å². The quantitative estimate of drug-likeness (QED) is 0.401. The van der Waals surface area contributed by atoms with Crippen LogP contribution in [0.2, 0.25) is 0 Å². The molecule has 0 spiro atoms. The van der Waals surface area contributed by atoms with Gasteiger partial charge in [0.1, 0.15) is 16.3 Å². The number of rotatable bonds is 6. The number of amides is 2. The van der Waals surface area contributed by atoms with Crippen LogP contribution in [0.4, 0.5) is 5.69 Å². The molecule has 11 nitrogen and oxygen atoms in total. The Morgan fingerprint density at radius 2 is 1.76 bits per heavy atom. The molecule has 0 saturated carbocycles. The molecule has 1 saturated heterocycles. The first-order valence-corrected chi connectivity index (χ1v) is 13.7. The third kappa shape index (κ3) is 5.05. The van der Waals surface area contributed by atoms with Crippen LogP contribution in [0, 0.1) is 0 Å². The number of anilines is 1. The Kier molecular flexibility index (Phi) is 6.91. The second-order valence-electron chi connectivity index (χ2n) is 8.31. The number of fused-ring (bicyclic) bond motifs is 1. The summed E-state index contributed by atoms with van der Waals surface area (Å²) in [7, 11) is -2.58. The third-order valence-electron chi connectivity index (χ3n) is 6.08. The van der Waals surface area contributed by atoms with Crippen LogP contribution in [0.25, 0.3) is 10.9 Å². The van der Waals surface area contributed by atoms with E-state index in [0.29, 0.717) is 48.3 Å². The zero-order valence-electron chi connectivity index (χ0n) is 19.8. The summed E-state index contributed by atoms with van der Waals surface area (Å²) in [5.74, 6) is -0.140. The number of nitrogens with zero attached hydrogens (tertiary/aromatic N) is 3. The molecule has 0 unspecified atom stereocenters. The first-order chi connectivity index (χ1) is 17.9. The molecule has 37 heavy (non-hydrogen) atoms. The van der Waals surface area contributed by atoms with Gasteiger partial charge < -0.3 is 20.0 Å². The Labute approximate surface area is 218 Å². The van der Waals surface area contributed by atoms with E-state index in [9.17, 15) is 18.0 Å². The van der Waals surface area contributed by atoms with E-state index in [4.69, 9.17) is 4.74 Å². The maximum absolute atomic E-state index is 13.2. The fourth-order valence-electron chi connectivity index (χ4n) is 4.17. The first-order valence-electron chi connectivity index (χ1n) is 11.4. The Balaban J connectivity index is 1.30. The number of sulfonamides is 1. The van der Waals surface area contributed by atoms with E-state index in [-0.39, 0.29) is 28.1 Å². The van der Waals surface area contributed by atoms with Gasteiger partial charge in [0, 0.05) is 48.7 Å². The molecular formula is C24H24N6O5S2.